The second-order valence-electron chi connectivity index (χ2n) is 8.71. The zero-order valence-electron chi connectivity index (χ0n) is 19.3. The maximum atomic E-state index is 6.19. The Morgan fingerprint density at radius 1 is 0.914 bits per heavy atom. The van der Waals surface area contributed by atoms with Crippen molar-refractivity contribution in [1.82, 2.24) is 9.55 Å². The van der Waals surface area contributed by atoms with Crippen molar-refractivity contribution in [3.8, 4) is 17.3 Å². The van der Waals surface area contributed by atoms with Gasteiger partial charge in [-0.05, 0) is 29.5 Å². The van der Waals surface area contributed by atoms with Gasteiger partial charge in [-0.15, -0.1) is 35.7 Å². The molecule has 1 aliphatic heterocycles. The van der Waals surface area contributed by atoms with E-state index >= 15 is 0 Å². The van der Waals surface area contributed by atoms with E-state index in [0.29, 0.717) is 29.9 Å². The minimum Gasteiger partial charge on any atom is -0.518 e. The van der Waals surface area contributed by atoms with Gasteiger partial charge in [-0.3, -0.25) is 4.99 Å². The summed E-state index contributed by atoms with van der Waals surface area (Å²) < 4.78 is 14.1. The number of benzene rings is 3. The molecule has 0 amide bonds. The first kappa shape index (κ1) is 23.3. The van der Waals surface area contributed by atoms with Crippen LogP contribution in [0.4, 0.5) is 0 Å². The van der Waals surface area contributed by atoms with Gasteiger partial charge in [0.15, 0.2) is 0 Å². The van der Waals surface area contributed by atoms with Crippen molar-refractivity contribution in [3.63, 3.8) is 0 Å². The Balaban J connectivity index is 0.00000253. The van der Waals surface area contributed by atoms with Crippen molar-refractivity contribution < 1.29 is 30.5 Å². The molecule has 0 bridgehead atoms. The summed E-state index contributed by atoms with van der Waals surface area (Å²) in [5.41, 5.74) is 2.79. The minimum absolute atomic E-state index is 0. The standard InChI is InChI=1S/C29H23N3O2.Pt/c1-19(2)25-18-33-29(31-25)20-8-7-9-21(16-20)34-22-13-14-24-23-10-3-4-11-26(23)32(27(24)17-22)28-12-5-6-15-30-28;/h3-15,19,25H,18H2,1-2H3;/q-2;+2/t25-;/m1./s1. The van der Waals surface area contributed by atoms with E-state index in [4.69, 9.17) is 14.5 Å². The summed E-state index contributed by atoms with van der Waals surface area (Å²) in [6.07, 6.45) is 1.80. The van der Waals surface area contributed by atoms with Crippen molar-refractivity contribution in [2.75, 3.05) is 6.61 Å². The molecule has 1 aliphatic rings. The topological polar surface area (TPSA) is 48.6 Å². The average molecular weight is 641 g/mol. The van der Waals surface area contributed by atoms with Crippen molar-refractivity contribution in [1.29, 1.82) is 0 Å². The van der Waals surface area contributed by atoms with Gasteiger partial charge in [0.1, 0.15) is 11.7 Å². The van der Waals surface area contributed by atoms with Crippen LogP contribution in [0.2, 0.25) is 0 Å². The van der Waals surface area contributed by atoms with Crippen molar-refractivity contribution >= 4 is 27.7 Å². The molecule has 0 saturated heterocycles. The number of para-hydroxylation sites is 1. The van der Waals surface area contributed by atoms with Crippen LogP contribution < -0.4 is 4.74 Å². The summed E-state index contributed by atoms with van der Waals surface area (Å²) in [5.74, 6) is 3.10. The number of pyridine rings is 1. The molecule has 5 aromatic rings. The predicted octanol–water partition coefficient (Wildman–Crippen LogP) is 6.37. The van der Waals surface area contributed by atoms with Gasteiger partial charge in [-0.25, -0.2) is 4.98 Å². The molecule has 1 atom stereocenters. The molecule has 0 radical (unpaired) electrons. The van der Waals surface area contributed by atoms with Crippen LogP contribution in [-0.2, 0) is 25.8 Å². The van der Waals surface area contributed by atoms with Gasteiger partial charge >= 0.3 is 21.1 Å². The molecular weight excluding hydrogens is 617 g/mol. The molecule has 35 heavy (non-hydrogen) atoms. The number of hydrogen-bond donors (Lipinski definition) is 0. The molecule has 6 rings (SSSR count). The molecule has 0 N–H and O–H groups in total. The van der Waals surface area contributed by atoms with Crippen molar-refractivity contribution in [2.24, 2.45) is 10.9 Å². The number of hydrogen-bond acceptors (Lipinski definition) is 4. The number of fused-ring (bicyclic) bond motifs is 3. The van der Waals surface area contributed by atoms with Crippen LogP contribution in [0, 0.1) is 18.1 Å². The SMILES string of the molecule is CC(C)[C@H]1COC(c2[c-]c(Oc3[c-]c4c(cc3)c3ccccc3n4-c3ccccn3)ccc2)=N1.[Pt+2]. The van der Waals surface area contributed by atoms with E-state index in [9.17, 15) is 0 Å². The van der Waals surface area contributed by atoms with Gasteiger partial charge in [0.05, 0.1) is 12.6 Å². The number of nitrogens with zero attached hydrogens (tertiary/aromatic N) is 3. The Morgan fingerprint density at radius 3 is 2.54 bits per heavy atom. The molecule has 3 aromatic carbocycles. The maximum Gasteiger partial charge on any atom is 2.00 e. The molecule has 5 nitrogen and oxygen atoms in total. The first-order valence-electron chi connectivity index (χ1n) is 11.5. The Labute approximate surface area is 218 Å². The minimum atomic E-state index is 0. The van der Waals surface area contributed by atoms with Crippen LogP contribution >= 0.6 is 0 Å². The third-order valence-electron chi connectivity index (χ3n) is 6.10. The summed E-state index contributed by atoms with van der Waals surface area (Å²) in [6.45, 7) is 4.91. The van der Waals surface area contributed by atoms with Crippen LogP contribution in [-0.4, -0.2) is 28.1 Å². The fourth-order valence-corrected chi connectivity index (χ4v) is 4.29. The summed E-state index contributed by atoms with van der Waals surface area (Å²) in [6, 6.07) is 30.9. The molecule has 0 spiro atoms. The van der Waals surface area contributed by atoms with E-state index in [0.717, 1.165) is 33.2 Å². The second kappa shape index (κ2) is 9.67. The van der Waals surface area contributed by atoms with E-state index < -0.39 is 0 Å². The molecule has 0 saturated carbocycles. The van der Waals surface area contributed by atoms with Crippen LogP contribution in [0.3, 0.4) is 0 Å². The average Bonchev–Trinajstić information content (AvgIpc) is 3.48. The van der Waals surface area contributed by atoms with Gasteiger partial charge in [-0.2, -0.15) is 6.07 Å². The zero-order valence-corrected chi connectivity index (χ0v) is 21.6. The number of aliphatic imine (C=N–C) groups is 1. The quantitative estimate of drug-likeness (QED) is 0.210. The zero-order chi connectivity index (χ0) is 23.1. The van der Waals surface area contributed by atoms with Crippen LogP contribution in [0.25, 0.3) is 27.6 Å². The summed E-state index contributed by atoms with van der Waals surface area (Å²) in [7, 11) is 0. The molecule has 0 fully saturated rings. The largest absolute Gasteiger partial charge is 2.00 e. The fourth-order valence-electron chi connectivity index (χ4n) is 4.29. The van der Waals surface area contributed by atoms with Crippen molar-refractivity contribution in [2.45, 2.75) is 19.9 Å². The van der Waals surface area contributed by atoms with Crippen LogP contribution in [0.15, 0.2) is 84.0 Å². The van der Waals surface area contributed by atoms with Gasteiger partial charge < -0.3 is 14.0 Å². The van der Waals surface area contributed by atoms with Crippen LogP contribution in [0.1, 0.15) is 19.4 Å². The van der Waals surface area contributed by atoms with Crippen LogP contribution in [0.5, 0.6) is 11.5 Å². The van der Waals surface area contributed by atoms with Gasteiger partial charge in [-0.1, -0.05) is 55.3 Å². The van der Waals surface area contributed by atoms with Gasteiger partial charge in [0, 0.05) is 23.2 Å². The summed E-state index contributed by atoms with van der Waals surface area (Å²) >= 11 is 0. The fraction of sp³-hybridized carbons (Fsp3) is 0.172. The third kappa shape index (κ3) is 4.37. The molecule has 2 aromatic heterocycles. The Hall–Kier alpha value is -3.43. The van der Waals surface area contributed by atoms with E-state index in [1.54, 1.807) is 6.20 Å². The van der Waals surface area contributed by atoms with E-state index in [-0.39, 0.29) is 27.1 Å². The Bertz CT molecular complexity index is 1530. The molecule has 0 aliphatic carbocycles. The van der Waals surface area contributed by atoms with Gasteiger partial charge in [0.2, 0.25) is 0 Å². The molecule has 176 valence electrons. The Kier molecular flexibility index (Phi) is 6.44. The van der Waals surface area contributed by atoms with E-state index in [2.05, 4.69) is 53.7 Å². The number of aromatic nitrogens is 2. The number of rotatable bonds is 5. The van der Waals surface area contributed by atoms with E-state index in [1.165, 1.54) is 0 Å². The summed E-state index contributed by atoms with van der Waals surface area (Å²) in [4.78, 5) is 9.28. The molecule has 0 unspecified atom stereocenters. The summed E-state index contributed by atoms with van der Waals surface area (Å²) in [5, 5.41) is 2.25. The van der Waals surface area contributed by atoms with Gasteiger partial charge in [0.25, 0.3) is 0 Å². The third-order valence-corrected chi connectivity index (χ3v) is 6.10. The second-order valence-corrected chi connectivity index (χ2v) is 8.71. The molecule has 6 heteroatoms. The monoisotopic (exact) mass is 640 g/mol. The maximum absolute atomic E-state index is 6.19. The van der Waals surface area contributed by atoms with E-state index in [1.807, 2.05) is 54.6 Å². The predicted molar refractivity (Wildman–Crippen MR) is 134 cm³/mol. The van der Waals surface area contributed by atoms with Crippen molar-refractivity contribution in [3.05, 3.63) is 96.7 Å². The first-order valence-corrected chi connectivity index (χ1v) is 11.5. The Morgan fingerprint density at radius 2 is 1.74 bits per heavy atom. The molecule has 3 heterocycles. The first-order chi connectivity index (χ1) is 16.7. The smallest absolute Gasteiger partial charge is 0.518 e. The number of ether oxygens (including phenoxy) is 2. The molecular formula is C29H23N3O2Pt. The normalized spacial score (nSPS) is 15.2.